The summed E-state index contributed by atoms with van der Waals surface area (Å²) in [6.45, 7) is 1.49. The number of fused-ring (bicyclic) bond motifs is 1. The minimum Gasteiger partial charge on any atom is -0.356 e. The van der Waals surface area contributed by atoms with Gasteiger partial charge in [0.1, 0.15) is 29.1 Å². The molecule has 1 N–H and O–H groups in total. The van der Waals surface area contributed by atoms with E-state index >= 15 is 0 Å². The number of amides is 1. The van der Waals surface area contributed by atoms with E-state index in [0.717, 1.165) is 22.9 Å². The van der Waals surface area contributed by atoms with E-state index in [2.05, 4.69) is 4.98 Å². The summed E-state index contributed by atoms with van der Waals surface area (Å²) in [6.07, 6.45) is -4.44. The molecule has 1 spiro atoms. The van der Waals surface area contributed by atoms with Crippen molar-refractivity contribution >= 4 is 22.8 Å². The Labute approximate surface area is 211 Å². The van der Waals surface area contributed by atoms with Crippen LogP contribution in [0.15, 0.2) is 41.3 Å². The maximum atomic E-state index is 14.8. The summed E-state index contributed by atoms with van der Waals surface area (Å²) in [4.78, 5) is 32.0. The fourth-order valence-corrected chi connectivity index (χ4v) is 4.93. The van der Waals surface area contributed by atoms with Crippen LogP contribution in [0.1, 0.15) is 36.5 Å². The Morgan fingerprint density at radius 2 is 1.89 bits per heavy atom. The van der Waals surface area contributed by atoms with Crippen molar-refractivity contribution in [3.63, 3.8) is 0 Å². The minimum atomic E-state index is -4.77. The average molecular weight is 542 g/mol. The van der Waals surface area contributed by atoms with Crippen molar-refractivity contribution in [2.45, 2.75) is 44.3 Å². The van der Waals surface area contributed by atoms with E-state index in [1.807, 2.05) is 0 Å². The fraction of sp³-hybridized carbons (Fsp3) is 0.400. The molecule has 6 nitrogen and oxygen atoms in total. The predicted molar refractivity (Wildman–Crippen MR) is 124 cm³/mol. The van der Waals surface area contributed by atoms with Crippen LogP contribution in [-0.4, -0.2) is 46.7 Å². The first kappa shape index (κ1) is 26.0. The zero-order chi connectivity index (χ0) is 27.6. The van der Waals surface area contributed by atoms with Gasteiger partial charge in [-0.15, -0.1) is 0 Å². The normalized spacial score (nSPS) is 21.2. The van der Waals surface area contributed by atoms with Crippen molar-refractivity contribution in [2.75, 3.05) is 18.0 Å². The number of alkyl halides is 5. The summed E-state index contributed by atoms with van der Waals surface area (Å²) < 4.78 is 96.9. The Balaban J connectivity index is 1.63. The van der Waals surface area contributed by atoms with Crippen LogP contribution in [0.25, 0.3) is 16.7 Å². The summed E-state index contributed by atoms with van der Waals surface area (Å²) in [5.74, 6) is -5.90. The molecular weight excluding hydrogens is 521 g/mol. The summed E-state index contributed by atoms with van der Waals surface area (Å²) in [6, 6.07) is 2.89. The highest BCUT2D eigenvalue weighted by atomic mass is 19.4. The van der Waals surface area contributed by atoms with Gasteiger partial charge in [0, 0.05) is 31.8 Å². The number of carbonyl (C=O) groups excluding carboxylic acids is 1. The van der Waals surface area contributed by atoms with Crippen molar-refractivity contribution in [2.24, 2.45) is 5.41 Å². The maximum absolute atomic E-state index is 14.8. The number of nitrogens with zero attached hydrogens (tertiary/aromatic N) is 3. The molecule has 1 saturated carbocycles. The Morgan fingerprint density at radius 1 is 1.18 bits per heavy atom. The Morgan fingerprint density at radius 3 is 2.47 bits per heavy atom. The van der Waals surface area contributed by atoms with E-state index < -0.39 is 58.5 Å². The molecule has 2 aliphatic rings. The van der Waals surface area contributed by atoms with Crippen molar-refractivity contribution in [3.05, 3.63) is 63.9 Å². The van der Waals surface area contributed by atoms with Crippen LogP contribution >= 0.6 is 0 Å². The first-order chi connectivity index (χ1) is 17.8. The lowest BCUT2D eigenvalue weighted by Crippen LogP contribution is -2.46. The molecule has 3 aromatic rings. The van der Waals surface area contributed by atoms with Gasteiger partial charge in [-0.2, -0.15) is 13.2 Å². The minimum absolute atomic E-state index is 0.0178. The van der Waals surface area contributed by atoms with E-state index in [1.54, 1.807) is 10.2 Å². The van der Waals surface area contributed by atoms with Gasteiger partial charge in [0.05, 0.1) is 16.5 Å². The predicted octanol–water partition coefficient (Wildman–Crippen LogP) is 4.97. The molecule has 202 valence electrons. The van der Waals surface area contributed by atoms with Crippen LogP contribution in [0.5, 0.6) is 0 Å². The lowest BCUT2D eigenvalue weighted by molar-refractivity contribution is -0.153. The second-order valence-electron chi connectivity index (χ2n) is 9.69. The highest BCUT2D eigenvalue weighted by Crippen LogP contribution is 2.65. The van der Waals surface area contributed by atoms with Crippen LogP contribution in [0, 0.1) is 17.0 Å². The molecule has 1 saturated heterocycles. The van der Waals surface area contributed by atoms with Gasteiger partial charge in [-0.05, 0) is 37.1 Å². The number of aromatic nitrogens is 2. The first-order valence-electron chi connectivity index (χ1n) is 11.8. The number of hydrogen-bond acceptors (Lipinski definition) is 4. The van der Waals surface area contributed by atoms with E-state index in [0.29, 0.717) is 6.07 Å². The molecule has 1 aromatic carbocycles. The van der Waals surface area contributed by atoms with Gasteiger partial charge in [0.25, 0.3) is 11.8 Å². The fourth-order valence-electron chi connectivity index (χ4n) is 4.93. The monoisotopic (exact) mass is 542 g/mol. The molecule has 0 bridgehead atoms. The first-order valence-corrected chi connectivity index (χ1v) is 11.8. The van der Waals surface area contributed by atoms with Gasteiger partial charge in [-0.25, -0.2) is 22.5 Å². The Kier molecular flexibility index (Phi) is 5.95. The molecule has 38 heavy (non-hydrogen) atoms. The van der Waals surface area contributed by atoms with Crippen LogP contribution in [0.4, 0.5) is 36.6 Å². The molecule has 0 radical (unpaired) electrons. The second-order valence-corrected chi connectivity index (χ2v) is 9.69. The van der Waals surface area contributed by atoms with Gasteiger partial charge in [0.2, 0.25) is 5.43 Å². The highest BCUT2D eigenvalue weighted by Gasteiger charge is 2.72. The number of halogens is 7. The quantitative estimate of drug-likeness (QED) is 0.463. The second kappa shape index (κ2) is 8.70. The number of carbonyl (C=O) groups is 1. The molecule has 3 heterocycles. The third kappa shape index (κ3) is 4.27. The summed E-state index contributed by atoms with van der Waals surface area (Å²) >= 11 is 0. The zero-order valence-electron chi connectivity index (χ0n) is 19.9. The van der Waals surface area contributed by atoms with Gasteiger partial charge < -0.3 is 10.2 Å². The Hall–Kier alpha value is -3.64. The van der Waals surface area contributed by atoms with Crippen LogP contribution in [-0.2, 0) is 0 Å². The Bertz CT molecular complexity index is 1500. The zero-order valence-corrected chi connectivity index (χ0v) is 19.9. The van der Waals surface area contributed by atoms with Crippen molar-refractivity contribution < 1.29 is 35.5 Å². The lowest BCUT2D eigenvalue weighted by atomic mass is 10.1. The molecule has 2 unspecified atom stereocenters. The van der Waals surface area contributed by atoms with Crippen molar-refractivity contribution in [1.82, 2.24) is 14.9 Å². The number of anilines is 1. The van der Waals surface area contributed by atoms with E-state index in [4.69, 9.17) is 0 Å². The maximum Gasteiger partial charge on any atom is 0.408 e. The largest absolute Gasteiger partial charge is 0.408 e. The third-order valence-electron chi connectivity index (χ3n) is 7.25. The smallest absolute Gasteiger partial charge is 0.356 e. The van der Waals surface area contributed by atoms with Crippen molar-refractivity contribution in [1.29, 1.82) is 0 Å². The number of rotatable bonds is 5. The van der Waals surface area contributed by atoms with Crippen LogP contribution in [0.2, 0.25) is 0 Å². The number of benzene rings is 1. The number of nitrogens with one attached hydrogen (secondary N) is 1. The summed E-state index contributed by atoms with van der Waals surface area (Å²) in [5, 5.41) is 1.55. The topological polar surface area (TPSA) is 67.2 Å². The van der Waals surface area contributed by atoms with Gasteiger partial charge in [-0.3, -0.25) is 14.2 Å². The molecule has 1 aliphatic carbocycles. The lowest BCUT2D eigenvalue weighted by Gasteiger charge is -2.21. The molecule has 2 aromatic heterocycles. The average Bonchev–Trinajstić information content (AvgIpc) is 3.14. The number of pyridine rings is 2. The number of hydrogen-bond donors (Lipinski definition) is 1. The summed E-state index contributed by atoms with van der Waals surface area (Å²) in [5.41, 5.74) is -3.33. The SMILES string of the molecule is CCC(NC(=O)c1cn(-c2ccc(F)cc2F)c2nc(N3CCC4(C3)CC4(F)F)ccc2c1=O)C(F)(F)F. The summed E-state index contributed by atoms with van der Waals surface area (Å²) in [7, 11) is 0. The molecule has 1 aliphatic heterocycles. The van der Waals surface area contributed by atoms with Crippen LogP contribution < -0.4 is 15.6 Å². The van der Waals surface area contributed by atoms with E-state index in [1.165, 1.54) is 19.1 Å². The molecule has 2 atom stereocenters. The molecule has 5 rings (SSSR count). The van der Waals surface area contributed by atoms with Gasteiger partial charge in [0.15, 0.2) is 5.65 Å². The van der Waals surface area contributed by atoms with Gasteiger partial charge in [-0.1, -0.05) is 6.92 Å². The van der Waals surface area contributed by atoms with Gasteiger partial charge >= 0.3 is 6.18 Å². The third-order valence-corrected chi connectivity index (χ3v) is 7.25. The van der Waals surface area contributed by atoms with Crippen LogP contribution in [0.3, 0.4) is 0 Å². The van der Waals surface area contributed by atoms with E-state index in [-0.39, 0.29) is 48.5 Å². The molecule has 2 fully saturated rings. The molecule has 1 amide bonds. The standard InChI is InChI=1S/C25H21F7N4O2/c1-2-18(25(30,31)32)33-22(38)15-10-36(17-5-3-13(26)9-16(17)27)21-14(20(15)37)4-6-19(34-21)35-8-7-23(12-35)11-24(23,28)29/h3-6,9-10,18H,2,7-8,11-12H2,1H3,(H,33,38). The van der Waals surface area contributed by atoms with E-state index in [9.17, 15) is 40.3 Å². The highest BCUT2D eigenvalue weighted by molar-refractivity contribution is 5.97. The molecule has 13 heteroatoms. The molecular formula is C25H21F7N4O2. The van der Waals surface area contributed by atoms with Crippen molar-refractivity contribution in [3.8, 4) is 5.69 Å².